The highest BCUT2D eigenvalue weighted by Gasteiger charge is 2.07. The summed E-state index contributed by atoms with van der Waals surface area (Å²) in [5.74, 6) is -0.0603. The van der Waals surface area contributed by atoms with Gasteiger partial charge in [0, 0.05) is 0 Å². The maximum atomic E-state index is 12.8. The van der Waals surface area contributed by atoms with Crippen molar-refractivity contribution in [2.75, 3.05) is 13.2 Å². The van der Waals surface area contributed by atoms with E-state index in [0.29, 0.717) is 23.7 Å². The number of hydrazine groups is 1. The summed E-state index contributed by atoms with van der Waals surface area (Å²) in [6, 6.07) is 12.4. The monoisotopic (exact) mass is 346 g/mol. The van der Waals surface area contributed by atoms with Crippen molar-refractivity contribution in [3.63, 3.8) is 0 Å². The molecule has 2 aromatic carbocycles. The second-order valence-corrected chi connectivity index (χ2v) is 5.09. The Hall–Kier alpha value is -3.09. The van der Waals surface area contributed by atoms with E-state index in [4.69, 9.17) is 9.47 Å². The number of hydrogen-bond donors (Lipinski definition) is 2. The lowest BCUT2D eigenvalue weighted by Crippen LogP contribution is -2.44. The first kappa shape index (κ1) is 18.3. The van der Waals surface area contributed by atoms with Gasteiger partial charge < -0.3 is 9.47 Å². The number of rotatable bonds is 7. The molecule has 0 saturated carbocycles. The molecule has 0 radical (unpaired) electrons. The zero-order chi connectivity index (χ0) is 18.1. The summed E-state index contributed by atoms with van der Waals surface area (Å²) in [5.41, 5.74) is 5.17. The Morgan fingerprint density at radius 1 is 0.880 bits per heavy atom. The topological polar surface area (TPSA) is 76.7 Å². The largest absolute Gasteiger partial charge is 0.494 e. The van der Waals surface area contributed by atoms with Gasteiger partial charge in [0.05, 0.1) is 13.0 Å². The number of nitrogens with one attached hydrogen (secondary N) is 2. The van der Waals surface area contributed by atoms with Crippen LogP contribution in [0.2, 0.25) is 0 Å². The zero-order valence-electron chi connectivity index (χ0n) is 13.8. The van der Waals surface area contributed by atoms with Gasteiger partial charge >= 0.3 is 0 Å². The van der Waals surface area contributed by atoms with E-state index in [1.807, 2.05) is 6.92 Å². The maximum absolute atomic E-state index is 12.8. The van der Waals surface area contributed by atoms with Gasteiger partial charge in [0.2, 0.25) is 5.91 Å². The van der Waals surface area contributed by atoms with E-state index in [2.05, 4.69) is 10.9 Å². The van der Waals surface area contributed by atoms with E-state index < -0.39 is 11.8 Å². The summed E-state index contributed by atoms with van der Waals surface area (Å²) in [5, 5.41) is 0. The highest BCUT2D eigenvalue weighted by molar-refractivity contribution is 5.83. The van der Waals surface area contributed by atoms with Crippen molar-refractivity contribution >= 4 is 11.8 Å². The molecule has 2 amide bonds. The number of carbonyl (C=O) groups is 2. The van der Waals surface area contributed by atoms with Gasteiger partial charge in [0.25, 0.3) is 5.91 Å². The Bertz CT molecular complexity index is 702. The molecule has 2 N–H and O–H groups in total. The minimum atomic E-state index is -0.499. The molecule has 2 rings (SSSR count). The van der Waals surface area contributed by atoms with Gasteiger partial charge in [-0.05, 0) is 48.9 Å². The highest BCUT2D eigenvalue weighted by Crippen LogP contribution is 2.17. The summed E-state index contributed by atoms with van der Waals surface area (Å²) in [6.45, 7) is 2.21. The molecule has 6 nitrogen and oxygen atoms in total. The number of hydrogen-bond acceptors (Lipinski definition) is 4. The summed E-state index contributed by atoms with van der Waals surface area (Å²) in [7, 11) is 0. The van der Waals surface area contributed by atoms with Crippen molar-refractivity contribution in [1.82, 2.24) is 10.9 Å². The Balaban J connectivity index is 1.69. The lowest BCUT2D eigenvalue weighted by molar-refractivity contribution is -0.129. The molecule has 0 saturated heterocycles. The third kappa shape index (κ3) is 6.50. The van der Waals surface area contributed by atoms with Gasteiger partial charge in [-0.3, -0.25) is 20.4 Å². The van der Waals surface area contributed by atoms with Crippen molar-refractivity contribution in [2.45, 2.75) is 13.3 Å². The Labute approximate surface area is 144 Å². The second-order valence-electron chi connectivity index (χ2n) is 5.09. The number of benzene rings is 2. The lowest BCUT2D eigenvalue weighted by atomic mass is 10.1. The molecule has 0 atom stereocenters. The van der Waals surface area contributed by atoms with Crippen molar-refractivity contribution in [2.24, 2.45) is 0 Å². The highest BCUT2D eigenvalue weighted by atomic mass is 19.1. The second kappa shape index (κ2) is 9.27. The minimum absolute atomic E-state index is 0.0281. The maximum Gasteiger partial charge on any atom is 0.276 e. The molecule has 0 aromatic heterocycles. The third-order valence-electron chi connectivity index (χ3n) is 3.12. The fraction of sp³-hybridized carbons (Fsp3) is 0.222. The third-order valence-corrected chi connectivity index (χ3v) is 3.12. The van der Waals surface area contributed by atoms with Crippen LogP contribution in [-0.2, 0) is 16.0 Å². The zero-order valence-corrected chi connectivity index (χ0v) is 13.8. The van der Waals surface area contributed by atoms with Crippen LogP contribution in [0.25, 0.3) is 0 Å². The van der Waals surface area contributed by atoms with Crippen LogP contribution in [0.1, 0.15) is 12.5 Å². The Morgan fingerprint density at radius 2 is 1.44 bits per heavy atom. The molecule has 2 aromatic rings. The quantitative estimate of drug-likeness (QED) is 0.752. The first-order chi connectivity index (χ1) is 12.1. The van der Waals surface area contributed by atoms with Crippen LogP contribution in [0, 0.1) is 5.82 Å². The van der Waals surface area contributed by atoms with Gasteiger partial charge in [-0.1, -0.05) is 12.1 Å². The van der Waals surface area contributed by atoms with Crippen LogP contribution < -0.4 is 20.3 Å². The van der Waals surface area contributed by atoms with Gasteiger partial charge in [-0.15, -0.1) is 0 Å². The summed E-state index contributed by atoms with van der Waals surface area (Å²) >= 11 is 0. The Kier molecular flexibility index (Phi) is 6.76. The predicted octanol–water partition coefficient (Wildman–Crippen LogP) is 1.99. The molecule has 0 unspecified atom stereocenters. The lowest BCUT2D eigenvalue weighted by Gasteiger charge is -2.09. The molecule has 0 aliphatic rings. The molecule has 0 bridgehead atoms. The fourth-order valence-electron chi connectivity index (χ4n) is 1.95. The molecule has 25 heavy (non-hydrogen) atoms. The smallest absolute Gasteiger partial charge is 0.276 e. The van der Waals surface area contributed by atoms with Crippen LogP contribution in [0.3, 0.4) is 0 Å². The SMILES string of the molecule is CCOc1ccc(OCC(=O)NNC(=O)Cc2ccc(F)cc2)cc1. The van der Waals surface area contributed by atoms with Crippen molar-refractivity contribution < 1.29 is 23.5 Å². The predicted molar refractivity (Wildman–Crippen MR) is 89.5 cm³/mol. The van der Waals surface area contributed by atoms with Crippen LogP contribution in [0.4, 0.5) is 4.39 Å². The number of amides is 2. The summed E-state index contributed by atoms with van der Waals surface area (Å²) < 4.78 is 23.4. The number of carbonyl (C=O) groups excluding carboxylic acids is 2. The van der Waals surface area contributed by atoms with E-state index in [1.54, 1.807) is 24.3 Å². The van der Waals surface area contributed by atoms with Crippen LogP contribution in [-0.4, -0.2) is 25.0 Å². The molecule has 0 aliphatic heterocycles. The standard InChI is InChI=1S/C18H19FN2O4/c1-2-24-15-7-9-16(10-8-15)25-12-18(23)21-20-17(22)11-13-3-5-14(19)6-4-13/h3-10H,2,11-12H2,1H3,(H,20,22)(H,21,23). The average Bonchev–Trinajstić information content (AvgIpc) is 2.61. The van der Waals surface area contributed by atoms with Gasteiger partial charge in [-0.25, -0.2) is 4.39 Å². The minimum Gasteiger partial charge on any atom is -0.494 e. The fourth-order valence-corrected chi connectivity index (χ4v) is 1.95. The molecule has 7 heteroatoms. The molecule has 0 heterocycles. The normalized spacial score (nSPS) is 10.0. The molecule has 0 fully saturated rings. The van der Waals surface area contributed by atoms with E-state index in [0.717, 1.165) is 0 Å². The van der Waals surface area contributed by atoms with Crippen LogP contribution in [0.5, 0.6) is 11.5 Å². The first-order valence-electron chi connectivity index (χ1n) is 7.74. The van der Waals surface area contributed by atoms with Gasteiger partial charge in [0.15, 0.2) is 6.61 Å². The van der Waals surface area contributed by atoms with Crippen molar-refractivity contribution in [1.29, 1.82) is 0 Å². The summed E-state index contributed by atoms with van der Waals surface area (Å²) in [6.07, 6.45) is 0.0281. The van der Waals surface area contributed by atoms with Crippen LogP contribution >= 0.6 is 0 Å². The molecule has 0 aliphatic carbocycles. The van der Waals surface area contributed by atoms with Gasteiger partial charge in [0.1, 0.15) is 17.3 Å². The van der Waals surface area contributed by atoms with Crippen molar-refractivity contribution in [3.05, 3.63) is 59.9 Å². The number of halogens is 1. The van der Waals surface area contributed by atoms with E-state index >= 15 is 0 Å². The summed E-state index contributed by atoms with van der Waals surface area (Å²) in [4.78, 5) is 23.4. The number of ether oxygens (including phenoxy) is 2. The van der Waals surface area contributed by atoms with Crippen LogP contribution in [0.15, 0.2) is 48.5 Å². The first-order valence-corrected chi connectivity index (χ1v) is 7.74. The van der Waals surface area contributed by atoms with Gasteiger partial charge in [-0.2, -0.15) is 0 Å². The molecular formula is C18H19FN2O4. The average molecular weight is 346 g/mol. The van der Waals surface area contributed by atoms with E-state index in [9.17, 15) is 14.0 Å². The van der Waals surface area contributed by atoms with E-state index in [1.165, 1.54) is 24.3 Å². The molecular weight excluding hydrogens is 327 g/mol. The molecule has 132 valence electrons. The Morgan fingerprint density at radius 3 is 2.04 bits per heavy atom. The van der Waals surface area contributed by atoms with Crippen molar-refractivity contribution in [3.8, 4) is 11.5 Å². The molecule has 0 spiro atoms. The van der Waals surface area contributed by atoms with E-state index in [-0.39, 0.29) is 18.8 Å².